The summed E-state index contributed by atoms with van der Waals surface area (Å²) in [5, 5.41) is 8.98. The van der Waals surface area contributed by atoms with Crippen LogP contribution in [0.3, 0.4) is 0 Å². The monoisotopic (exact) mass is 487 g/mol. The van der Waals surface area contributed by atoms with Crippen molar-refractivity contribution in [3.63, 3.8) is 0 Å². The van der Waals surface area contributed by atoms with Crippen molar-refractivity contribution < 1.29 is 31.9 Å². The van der Waals surface area contributed by atoms with E-state index in [0.29, 0.717) is 29.1 Å². The van der Waals surface area contributed by atoms with Gasteiger partial charge in [0.15, 0.2) is 5.65 Å². The smallest absolute Gasteiger partial charge is 0.419 e. The number of hydrogen-bond acceptors (Lipinski definition) is 5. The maximum Gasteiger partial charge on any atom is 0.419 e. The van der Waals surface area contributed by atoms with Crippen LogP contribution in [0.4, 0.5) is 33.7 Å². The van der Waals surface area contributed by atoms with Crippen LogP contribution in [0, 0.1) is 5.82 Å². The summed E-state index contributed by atoms with van der Waals surface area (Å²) < 4.78 is 58.7. The second kappa shape index (κ2) is 9.41. The van der Waals surface area contributed by atoms with Gasteiger partial charge in [-0.2, -0.15) is 18.3 Å². The van der Waals surface area contributed by atoms with Crippen LogP contribution in [0.1, 0.15) is 22.8 Å². The van der Waals surface area contributed by atoms with Gasteiger partial charge in [-0.05, 0) is 43.3 Å². The van der Waals surface area contributed by atoms with Crippen LogP contribution < -0.4 is 10.6 Å². The molecule has 0 unspecified atom stereocenters. The third-order valence-electron chi connectivity index (χ3n) is 4.84. The number of nitrogens with one attached hydrogen (secondary N) is 2. The number of benzene rings is 2. The van der Waals surface area contributed by atoms with E-state index in [4.69, 9.17) is 4.74 Å². The lowest BCUT2D eigenvalue weighted by molar-refractivity contribution is -0.139. The van der Waals surface area contributed by atoms with E-state index in [9.17, 15) is 27.2 Å². The fourth-order valence-corrected chi connectivity index (χ4v) is 3.33. The number of urea groups is 1. The first kappa shape index (κ1) is 23.7. The molecule has 0 atom stereocenters. The lowest BCUT2D eigenvalue weighted by Gasteiger charge is -2.12. The van der Waals surface area contributed by atoms with Gasteiger partial charge < -0.3 is 15.4 Å². The topological polar surface area (TPSA) is 97.6 Å². The van der Waals surface area contributed by atoms with E-state index in [1.165, 1.54) is 16.9 Å². The number of fused-ring (bicyclic) bond motifs is 1. The number of anilines is 2. The standard InChI is InChI=1S/C23H17F4N5O3/c1-2-35-21(33)16-12-29-32-19(8-9-28-20(16)32)13-4-3-5-14(10-13)30-22(34)31-15-6-7-18(24)17(11-15)23(25,26)27/h3-12H,2H2,1H3,(H2,30,31,34). The molecular weight excluding hydrogens is 470 g/mol. The molecule has 35 heavy (non-hydrogen) atoms. The zero-order valence-corrected chi connectivity index (χ0v) is 18.1. The van der Waals surface area contributed by atoms with Crippen molar-refractivity contribution in [1.82, 2.24) is 14.6 Å². The van der Waals surface area contributed by atoms with Crippen molar-refractivity contribution in [2.45, 2.75) is 13.1 Å². The molecule has 2 aromatic heterocycles. The number of carbonyl (C=O) groups is 2. The Balaban J connectivity index is 1.56. The number of amides is 2. The number of nitrogens with zero attached hydrogens (tertiary/aromatic N) is 3. The number of aromatic nitrogens is 3. The summed E-state index contributed by atoms with van der Waals surface area (Å²) in [5.41, 5.74) is 0.249. The molecule has 0 aliphatic rings. The molecule has 0 saturated carbocycles. The fraction of sp³-hybridized carbons (Fsp3) is 0.130. The van der Waals surface area contributed by atoms with E-state index < -0.39 is 29.6 Å². The fourth-order valence-electron chi connectivity index (χ4n) is 3.33. The van der Waals surface area contributed by atoms with Crippen molar-refractivity contribution in [2.75, 3.05) is 17.2 Å². The zero-order valence-electron chi connectivity index (χ0n) is 18.1. The van der Waals surface area contributed by atoms with Gasteiger partial charge in [0.2, 0.25) is 0 Å². The Morgan fingerprint density at radius 1 is 1.06 bits per heavy atom. The molecule has 8 nitrogen and oxygen atoms in total. The molecule has 2 amide bonds. The second-order valence-corrected chi connectivity index (χ2v) is 7.20. The van der Waals surface area contributed by atoms with Crippen LogP contribution in [-0.4, -0.2) is 33.2 Å². The highest BCUT2D eigenvalue weighted by atomic mass is 19.4. The second-order valence-electron chi connectivity index (χ2n) is 7.20. The summed E-state index contributed by atoms with van der Waals surface area (Å²) >= 11 is 0. The Labute approximate surface area is 195 Å². The Morgan fingerprint density at radius 2 is 1.80 bits per heavy atom. The zero-order chi connectivity index (χ0) is 25.2. The van der Waals surface area contributed by atoms with Gasteiger partial charge in [0.25, 0.3) is 0 Å². The molecule has 0 spiro atoms. The highest BCUT2D eigenvalue weighted by Gasteiger charge is 2.34. The molecule has 0 bridgehead atoms. The van der Waals surface area contributed by atoms with Crippen molar-refractivity contribution >= 4 is 29.0 Å². The quantitative estimate of drug-likeness (QED) is 0.291. The number of hydrogen-bond donors (Lipinski definition) is 2. The predicted octanol–water partition coefficient (Wildman–Crippen LogP) is 5.37. The molecular formula is C23H17F4N5O3. The van der Waals surface area contributed by atoms with E-state index >= 15 is 0 Å². The lowest BCUT2D eigenvalue weighted by atomic mass is 10.1. The number of carbonyl (C=O) groups excluding carboxylic acids is 2. The molecule has 2 aromatic carbocycles. The summed E-state index contributed by atoms with van der Waals surface area (Å²) in [6.45, 7) is 1.88. The van der Waals surface area contributed by atoms with Crippen LogP contribution >= 0.6 is 0 Å². The minimum atomic E-state index is -4.90. The predicted molar refractivity (Wildman–Crippen MR) is 118 cm³/mol. The molecule has 12 heteroatoms. The average molecular weight is 487 g/mol. The molecule has 0 saturated heterocycles. The molecule has 0 radical (unpaired) electrons. The van der Waals surface area contributed by atoms with Gasteiger partial charge in [-0.3, -0.25) is 0 Å². The molecule has 0 aliphatic heterocycles. The number of alkyl halides is 3. The third-order valence-corrected chi connectivity index (χ3v) is 4.84. The Kier molecular flexibility index (Phi) is 6.36. The first-order valence-electron chi connectivity index (χ1n) is 10.2. The summed E-state index contributed by atoms with van der Waals surface area (Å²) in [4.78, 5) is 28.7. The van der Waals surface area contributed by atoms with E-state index in [2.05, 4.69) is 20.7 Å². The van der Waals surface area contributed by atoms with Crippen molar-refractivity contribution in [1.29, 1.82) is 0 Å². The van der Waals surface area contributed by atoms with E-state index in [-0.39, 0.29) is 23.5 Å². The minimum Gasteiger partial charge on any atom is -0.462 e. The molecule has 180 valence electrons. The number of esters is 1. The van der Waals surface area contributed by atoms with Crippen molar-refractivity contribution in [2.24, 2.45) is 0 Å². The normalized spacial score (nSPS) is 11.3. The maximum absolute atomic E-state index is 13.5. The van der Waals surface area contributed by atoms with Gasteiger partial charge in [0, 0.05) is 23.1 Å². The average Bonchev–Trinajstić information content (AvgIpc) is 3.24. The molecule has 2 heterocycles. The highest BCUT2D eigenvalue weighted by molar-refractivity contribution is 6.00. The maximum atomic E-state index is 13.5. The number of ether oxygens (including phenoxy) is 1. The first-order chi connectivity index (χ1) is 16.7. The largest absolute Gasteiger partial charge is 0.462 e. The van der Waals surface area contributed by atoms with Gasteiger partial charge in [-0.25, -0.2) is 23.5 Å². The minimum absolute atomic E-state index is 0.194. The van der Waals surface area contributed by atoms with E-state index in [1.807, 2.05) is 0 Å². The molecule has 4 rings (SSSR count). The van der Waals surface area contributed by atoms with E-state index in [1.54, 1.807) is 37.3 Å². The van der Waals surface area contributed by atoms with Crippen molar-refractivity contribution in [3.8, 4) is 11.3 Å². The summed E-state index contributed by atoms with van der Waals surface area (Å²) in [6, 6.07) is 9.54. The Morgan fingerprint density at radius 3 is 2.51 bits per heavy atom. The Hall–Kier alpha value is -4.48. The van der Waals surface area contributed by atoms with E-state index in [0.717, 1.165) is 6.07 Å². The molecule has 4 aromatic rings. The van der Waals surface area contributed by atoms with Gasteiger partial charge in [0.1, 0.15) is 11.4 Å². The summed E-state index contributed by atoms with van der Waals surface area (Å²) in [6.07, 6.45) is -2.06. The Bertz CT molecular complexity index is 1420. The van der Waals surface area contributed by atoms with Crippen molar-refractivity contribution in [3.05, 3.63) is 77.9 Å². The third kappa shape index (κ3) is 5.05. The van der Waals surface area contributed by atoms with Crippen LogP contribution in [-0.2, 0) is 10.9 Å². The van der Waals surface area contributed by atoms with Gasteiger partial charge in [-0.1, -0.05) is 12.1 Å². The molecule has 2 N–H and O–H groups in total. The van der Waals surface area contributed by atoms with Gasteiger partial charge >= 0.3 is 18.2 Å². The first-order valence-corrected chi connectivity index (χ1v) is 10.2. The highest BCUT2D eigenvalue weighted by Crippen LogP contribution is 2.33. The SMILES string of the molecule is CCOC(=O)c1cnn2c(-c3cccc(NC(=O)Nc4ccc(F)c(C(F)(F)F)c4)c3)ccnc12. The number of rotatable bonds is 5. The van der Waals surface area contributed by atoms with Gasteiger partial charge in [0.05, 0.1) is 24.1 Å². The van der Waals surface area contributed by atoms with Crippen LogP contribution in [0.5, 0.6) is 0 Å². The number of halogens is 4. The summed E-state index contributed by atoms with van der Waals surface area (Å²) in [5.74, 6) is -2.00. The van der Waals surface area contributed by atoms with Crippen LogP contribution in [0.2, 0.25) is 0 Å². The molecule has 0 aliphatic carbocycles. The summed E-state index contributed by atoms with van der Waals surface area (Å²) in [7, 11) is 0. The van der Waals surface area contributed by atoms with Crippen LogP contribution in [0.25, 0.3) is 16.9 Å². The molecule has 0 fully saturated rings. The lowest BCUT2D eigenvalue weighted by Crippen LogP contribution is -2.20. The van der Waals surface area contributed by atoms with Gasteiger partial charge in [-0.15, -0.1) is 0 Å². The van der Waals surface area contributed by atoms with Crippen LogP contribution in [0.15, 0.2) is 60.9 Å².